The van der Waals surface area contributed by atoms with Crippen molar-refractivity contribution in [1.82, 2.24) is 5.43 Å². The van der Waals surface area contributed by atoms with Crippen LogP contribution in [0.15, 0.2) is 24.3 Å². The molecule has 18 heavy (non-hydrogen) atoms. The maximum absolute atomic E-state index is 11.0. The minimum absolute atomic E-state index is 0.0272. The molecule has 0 unspecified atom stereocenters. The molecule has 98 valence electrons. The van der Waals surface area contributed by atoms with E-state index in [1.165, 1.54) is 0 Å². The fourth-order valence-corrected chi connectivity index (χ4v) is 1.42. The van der Waals surface area contributed by atoms with Gasteiger partial charge in [0.1, 0.15) is 6.04 Å². The largest absolute Gasteiger partial charge is 0.480 e. The number of nitrogens with one attached hydrogen (secondary N) is 2. The predicted octanol–water partition coefficient (Wildman–Crippen LogP) is 0.630. The summed E-state index contributed by atoms with van der Waals surface area (Å²) in [5.74, 6) is -1.55. The smallest absolute Gasteiger partial charge is 0.322 e. The predicted molar refractivity (Wildman–Crippen MR) is 67.8 cm³/mol. The van der Waals surface area contributed by atoms with Crippen LogP contribution in [0.25, 0.3) is 0 Å². The van der Waals surface area contributed by atoms with Gasteiger partial charge in [0.15, 0.2) is 0 Å². The number of nitrogens with two attached hydrogens (primary N) is 1. The first-order chi connectivity index (χ1) is 8.50. The Morgan fingerprint density at radius 1 is 1.39 bits per heavy atom. The molecule has 1 aromatic carbocycles. The summed E-state index contributed by atoms with van der Waals surface area (Å²) in [7, 11) is 0. The Balaban J connectivity index is 2.55. The van der Waals surface area contributed by atoms with Crippen LogP contribution in [-0.2, 0) is 9.59 Å². The number of primary amides is 1. The lowest BCUT2D eigenvalue weighted by molar-refractivity contribution is -0.139. The molecule has 0 saturated heterocycles. The lowest BCUT2D eigenvalue weighted by Gasteiger charge is -2.16. The Hall–Kier alpha value is -2.08. The first kappa shape index (κ1) is 14.0. The van der Waals surface area contributed by atoms with Gasteiger partial charge in [-0.25, -0.2) is 5.43 Å². The quantitative estimate of drug-likeness (QED) is 0.532. The lowest BCUT2D eigenvalue weighted by atomic mass is 10.1. The second-order valence-electron chi connectivity index (χ2n) is 3.98. The van der Waals surface area contributed by atoms with Crippen molar-refractivity contribution < 1.29 is 14.7 Å². The minimum atomic E-state index is -1.03. The number of para-hydroxylation sites is 1. The van der Waals surface area contributed by atoms with E-state index < -0.39 is 17.9 Å². The number of carboxylic acids is 1. The molecule has 0 aliphatic carbocycles. The molecule has 0 bridgehead atoms. The van der Waals surface area contributed by atoms with Crippen molar-refractivity contribution in [2.75, 3.05) is 5.43 Å². The summed E-state index contributed by atoms with van der Waals surface area (Å²) in [6.45, 7) is 1.91. The number of amides is 1. The first-order valence-corrected chi connectivity index (χ1v) is 5.59. The monoisotopic (exact) mass is 251 g/mol. The zero-order chi connectivity index (χ0) is 13.5. The second kappa shape index (κ2) is 6.61. The summed E-state index contributed by atoms with van der Waals surface area (Å²) >= 11 is 0. The first-order valence-electron chi connectivity index (χ1n) is 5.59. The van der Waals surface area contributed by atoms with Crippen LogP contribution in [0.4, 0.5) is 5.69 Å². The summed E-state index contributed by atoms with van der Waals surface area (Å²) in [5, 5.41) is 8.98. The van der Waals surface area contributed by atoms with E-state index in [1.807, 2.05) is 31.2 Å². The van der Waals surface area contributed by atoms with Gasteiger partial charge in [-0.05, 0) is 25.0 Å². The fraction of sp³-hybridized carbons (Fsp3) is 0.333. The number of rotatable bonds is 7. The van der Waals surface area contributed by atoms with E-state index in [2.05, 4.69) is 10.9 Å². The van der Waals surface area contributed by atoms with Crippen molar-refractivity contribution >= 4 is 17.6 Å². The standard InChI is InChI=1S/C12H17N3O3/c1-8-4-2-3-5-9(8)14-15-10(12(17)18)6-7-11(13)16/h2-5,10,14-15H,6-7H2,1H3,(H2,13,16)(H,17,18)/t10-/m1/s1. The third-order valence-corrected chi connectivity index (χ3v) is 2.50. The van der Waals surface area contributed by atoms with Gasteiger partial charge >= 0.3 is 5.97 Å². The average molecular weight is 251 g/mol. The van der Waals surface area contributed by atoms with Gasteiger partial charge in [0.25, 0.3) is 0 Å². The number of hydrogen-bond acceptors (Lipinski definition) is 4. The molecular formula is C12H17N3O3. The SMILES string of the molecule is Cc1ccccc1NN[C@H](CCC(N)=O)C(=O)O. The third kappa shape index (κ3) is 4.42. The topological polar surface area (TPSA) is 104 Å². The molecule has 6 heteroatoms. The second-order valence-corrected chi connectivity index (χ2v) is 3.98. The highest BCUT2D eigenvalue weighted by molar-refractivity contribution is 5.77. The van der Waals surface area contributed by atoms with Crippen LogP contribution < -0.4 is 16.6 Å². The van der Waals surface area contributed by atoms with E-state index in [0.717, 1.165) is 11.3 Å². The lowest BCUT2D eigenvalue weighted by Crippen LogP contribution is -2.41. The molecule has 1 amide bonds. The number of carbonyl (C=O) groups excluding carboxylic acids is 1. The highest BCUT2D eigenvalue weighted by Crippen LogP contribution is 2.12. The Kier molecular flexibility index (Phi) is 5.13. The van der Waals surface area contributed by atoms with Gasteiger partial charge in [0.05, 0.1) is 5.69 Å². The maximum atomic E-state index is 11.0. The number of aliphatic carboxylic acids is 1. The Morgan fingerprint density at radius 2 is 2.06 bits per heavy atom. The molecule has 0 spiro atoms. The summed E-state index contributed by atoms with van der Waals surface area (Å²) in [4.78, 5) is 21.6. The molecular weight excluding hydrogens is 234 g/mol. The van der Waals surface area contributed by atoms with Crippen LogP contribution in [-0.4, -0.2) is 23.0 Å². The molecule has 0 fully saturated rings. The molecule has 1 atom stereocenters. The molecule has 1 aromatic rings. The van der Waals surface area contributed by atoms with Crippen LogP contribution in [0.2, 0.25) is 0 Å². The molecule has 0 aliphatic rings. The minimum Gasteiger partial charge on any atom is -0.480 e. The number of hydrazine groups is 1. The molecule has 0 aliphatic heterocycles. The highest BCUT2D eigenvalue weighted by Gasteiger charge is 2.17. The Labute approximate surface area is 105 Å². The number of hydrogen-bond donors (Lipinski definition) is 4. The maximum Gasteiger partial charge on any atom is 0.322 e. The van der Waals surface area contributed by atoms with Gasteiger partial charge in [0, 0.05) is 6.42 Å². The zero-order valence-corrected chi connectivity index (χ0v) is 10.1. The van der Waals surface area contributed by atoms with Crippen LogP contribution in [0.3, 0.4) is 0 Å². The van der Waals surface area contributed by atoms with E-state index >= 15 is 0 Å². The van der Waals surface area contributed by atoms with Crippen molar-refractivity contribution in [3.05, 3.63) is 29.8 Å². The summed E-state index contributed by atoms with van der Waals surface area (Å²) in [6.07, 6.45) is 0.170. The number of benzene rings is 1. The Bertz CT molecular complexity index is 434. The van der Waals surface area contributed by atoms with Crippen LogP contribution >= 0.6 is 0 Å². The number of aryl methyl sites for hydroxylation is 1. The van der Waals surface area contributed by atoms with Crippen LogP contribution in [0.1, 0.15) is 18.4 Å². The molecule has 1 rings (SSSR count). The molecule has 0 heterocycles. The highest BCUT2D eigenvalue weighted by atomic mass is 16.4. The summed E-state index contributed by atoms with van der Waals surface area (Å²) in [5.41, 5.74) is 12.3. The molecule has 0 radical (unpaired) electrons. The normalized spacial score (nSPS) is 11.8. The van der Waals surface area contributed by atoms with E-state index in [0.29, 0.717) is 0 Å². The van der Waals surface area contributed by atoms with Crippen molar-refractivity contribution in [2.45, 2.75) is 25.8 Å². The van der Waals surface area contributed by atoms with Crippen molar-refractivity contribution in [3.8, 4) is 0 Å². The number of carbonyl (C=O) groups is 2. The van der Waals surface area contributed by atoms with Gasteiger partial charge in [-0.3, -0.25) is 9.59 Å². The van der Waals surface area contributed by atoms with Crippen molar-refractivity contribution in [3.63, 3.8) is 0 Å². The van der Waals surface area contributed by atoms with E-state index in [4.69, 9.17) is 10.8 Å². The number of carboxylic acid groups (broad SMARTS) is 1. The van der Waals surface area contributed by atoms with Crippen LogP contribution in [0.5, 0.6) is 0 Å². The van der Waals surface area contributed by atoms with E-state index in [9.17, 15) is 9.59 Å². The molecule has 0 saturated carbocycles. The fourth-order valence-electron chi connectivity index (χ4n) is 1.42. The van der Waals surface area contributed by atoms with Crippen molar-refractivity contribution in [2.24, 2.45) is 5.73 Å². The van der Waals surface area contributed by atoms with Gasteiger partial charge in [-0.2, -0.15) is 0 Å². The summed E-state index contributed by atoms with van der Waals surface area (Å²) in [6, 6.07) is 6.61. The average Bonchev–Trinajstić information content (AvgIpc) is 2.30. The molecule has 6 nitrogen and oxygen atoms in total. The van der Waals surface area contributed by atoms with E-state index in [-0.39, 0.29) is 12.8 Å². The van der Waals surface area contributed by atoms with Gasteiger partial charge in [-0.1, -0.05) is 18.2 Å². The Morgan fingerprint density at radius 3 is 2.61 bits per heavy atom. The summed E-state index contributed by atoms with van der Waals surface area (Å²) < 4.78 is 0. The van der Waals surface area contributed by atoms with Gasteiger partial charge < -0.3 is 16.3 Å². The van der Waals surface area contributed by atoms with Crippen molar-refractivity contribution in [1.29, 1.82) is 0 Å². The van der Waals surface area contributed by atoms with Gasteiger partial charge in [0.2, 0.25) is 5.91 Å². The third-order valence-electron chi connectivity index (χ3n) is 2.50. The van der Waals surface area contributed by atoms with Gasteiger partial charge in [-0.15, -0.1) is 0 Å². The van der Waals surface area contributed by atoms with Crippen LogP contribution in [0, 0.1) is 6.92 Å². The molecule has 0 aromatic heterocycles. The van der Waals surface area contributed by atoms with E-state index in [1.54, 1.807) is 0 Å². The number of anilines is 1. The molecule has 5 N–H and O–H groups in total. The zero-order valence-electron chi connectivity index (χ0n) is 10.1.